The van der Waals surface area contributed by atoms with Crippen molar-refractivity contribution >= 4 is 17.5 Å². The minimum atomic E-state index is -2.86. The summed E-state index contributed by atoms with van der Waals surface area (Å²) in [6.07, 6.45) is 0.587. The van der Waals surface area contributed by atoms with E-state index in [1.807, 2.05) is 0 Å². The molecule has 1 amide bonds. The van der Waals surface area contributed by atoms with Crippen molar-refractivity contribution in [3.8, 4) is 11.8 Å². The lowest BCUT2D eigenvalue weighted by Crippen LogP contribution is -2.43. The maximum Gasteiger partial charge on any atom is 0.414 e. The van der Waals surface area contributed by atoms with Gasteiger partial charge in [0.1, 0.15) is 18.5 Å². The van der Waals surface area contributed by atoms with Gasteiger partial charge in [-0.15, -0.1) is 5.10 Å². The molecule has 0 saturated carbocycles. The quantitative estimate of drug-likeness (QED) is 0.554. The summed E-state index contributed by atoms with van der Waals surface area (Å²) in [5.41, 5.74) is 0. The van der Waals surface area contributed by atoms with Gasteiger partial charge >= 0.3 is 12.7 Å². The molecule has 0 unspecified atom stereocenters. The molecular weight excluding hydrogens is 428 g/mol. The smallest absolute Gasteiger partial charge is 0.414 e. The zero-order valence-corrected chi connectivity index (χ0v) is 16.5. The minimum Gasteiger partial charge on any atom is -0.484 e. The number of rotatable bonds is 10. The summed E-state index contributed by atoms with van der Waals surface area (Å²) in [6.45, 7) is -3.18. The molecule has 2 heterocycles. The number of carbonyl (C=O) groups is 1. The zero-order chi connectivity index (χ0) is 21.3. The Balaban J connectivity index is 1.35. The van der Waals surface area contributed by atoms with Crippen molar-refractivity contribution in [2.45, 2.75) is 31.6 Å². The Labute approximate surface area is 175 Å². The second-order valence-corrected chi connectivity index (χ2v) is 6.73. The lowest BCUT2D eigenvalue weighted by molar-refractivity contribution is -0.134. The van der Waals surface area contributed by atoms with Gasteiger partial charge in [0.05, 0.1) is 19.3 Å². The number of hydrogen-bond donors (Lipinski definition) is 1. The summed E-state index contributed by atoms with van der Waals surface area (Å²) < 4.78 is 49.2. The van der Waals surface area contributed by atoms with Crippen molar-refractivity contribution in [1.82, 2.24) is 15.5 Å². The molecule has 12 heteroatoms. The molecule has 164 valence electrons. The van der Waals surface area contributed by atoms with E-state index in [0.717, 1.165) is 0 Å². The number of halogens is 3. The molecule has 1 saturated heterocycles. The minimum absolute atomic E-state index is 0.124. The van der Waals surface area contributed by atoms with Gasteiger partial charge in [0, 0.05) is 5.02 Å². The number of nitrogens with zero attached hydrogens (tertiary/aromatic N) is 2. The van der Waals surface area contributed by atoms with Crippen LogP contribution < -0.4 is 14.8 Å². The molecule has 0 radical (unpaired) electrons. The van der Waals surface area contributed by atoms with Gasteiger partial charge in [-0.25, -0.2) is 0 Å². The first-order valence-electron chi connectivity index (χ1n) is 9.15. The van der Waals surface area contributed by atoms with E-state index in [0.29, 0.717) is 23.6 Å². The van der Waals surface area contributed by atoms with Gasteiger partial charge in [-0.3, -0.25) is 4.79 Å². The van der Waals surface area contributed by atoms with Crippen LogP contribution in [0.15, 0.2) is 28.7 Å². The van der Waals surface area contributed by atoms with E-state index in [2.05, 4.69) is 20.3 Å². The first kappa shape index (κ1) is 22.2. The Morgan fingerprint density at radius 3 is 2.70 bits per heavy atom. The fourth-order valence-electron chi connectivity index (χ4n) is 2.68. The van der Waals surface area contributed by atoms with Gasteiger partial charge in [0.25, 0.3) is 5.91 Å². The number of benzene rings is 1. The third-order valence-electron chi connectivity index (χ3n) is 4.07. The highest BCUT2D eigenvalue weighted by atomic mass is 35.5. The average molecular weight is 448 g/mol. The summed E-state index contributed by atoms with van der Waals surface area (Å²) in [7, 11) is 0. The molecule has 1 N–H and O–H groups in total. The van der Waals surface area contributed by atoms with Gasteiger partial charge in [0.2, 0.25) is 5.89 Å². The van der Waals surface area contributed by atoms with Gasteiger partial charge in [-0.1, -0.05) is 16.7 Å². The van der Waals surface area contributed by atoms with Crippen molar-refractivity contribution < 1.29 is 36.9 Å². The third-order valence-corrected chi connectivity index (χ3v) is 4.33. The summed E-state index contributed by atoms with van der Waals surface area (Å²) in [4.78, 5) is 12.0. The molecule has 1 aliphatic rings. The Hall–Kier alpha value is -2.50. The third kappa shape index (κ3) is 7.08. The van der Waals surface area contributed by atoms with Crippen molar-refractivity contribution in [3.05, 3.63) is 35.2 Å². The van der Waals surface area contributed by atoms with Gasteiger partial charge in [-0.05, 0) is 37.1 Å². The van der Waals surface area contributed by atoms with Crippen LogP contribution in [0.1, 0.15) is 24.8 Å². The van der Waals surface area contributed by atoms with Gasteiger partial charge < -0.3 is 28.7 Å². The van der Waals surface area contributed by atoms with Crippen LogP contribution in [0, 0.1) is 0 Å². The van der Waals surface area contributed by atoms with Crippen LogP contribution in [0.25, 0.3) is 0 Å². The van der Waals surface area contributed by atoms with Crippen molar-refractivity contribution in [2.24, 2.45) is 0 Å². The van der Waals surface area contributed by atoms with E-state index < -0.39 is 12.7 Å². The van der Waals surface area contributed by atoms with Crippen molar-refractivity contribution in [3.63, 3.8) is 0 Å². The monoisotopic (exact) mass is 447 g/mol. The van der Waals surface area contributed by atoms with E-state index in [1.165, 1.54) is 0 Å². The van der Waals surface area contributed by atoms with Crippen LogP contribution in [0.3, 0.4) is 0 Å². The van der Waals surface area contributed by atoms with E-state index in [1.54, 1.807) is 24.3 Å². The fourth-order valence-corrected chi connectivity index (χ4v) is 2.81. The summed E-state index contributed by atoms with van der Waals surface area (Å²) in [5.74, 6) is 0.497. The summed E-state index contributed by atoms with van der Waals surface area (Å²) in [6, 6.07) is 6.54. The number of nitrogens with one attached hydrogen (secondary N) is 1. The highest BCUT2D eigenvalue weighted by Gasteiger charge is 2.28. The second-order valence-electron chi connectivity index (χ2n) is 6.29. The molecule has 2 aromatic rings. The second kappa shape index (κ2) is 11.0. The molecule has 1 aromatic carbocycles. The molecule has 0 bridgehead atoms. The van der Waals surface area contributed by atoms with Crippen molar-refractivity contribution in [2.75, 3.05) is 26.4 Å². The van der Waals surface area contributed by atoms with Crippen LogP contribution in [-0.2, 0) is 14.3 Å². The van der Waals surface area contributed by atoms with E-state index in [-0.39, 0.29) is 50.3 Å². The van der Waals surface area contributed by atoms with E-state index in [4.69, 9.17) is 30.2 Å². The van der Waals surface area contributed by atoms with E-state index in [9.17, 15) is 13.6 Å². The first-order valence-corrected chi connectivity index (χ1v) is 9.52. The Morgan fingerprint density at radius 1 is 1.20 bits per heavy atom. The number of carbonyl (C=O) groups excluding carboxylic acids is 1. The first-order chi connectivity index (χ1) is 14.5. The molecule has 0 aliphatic carbocycles. The number of hydrogen-bond acceptors (Lipinski definition) is 8. The maximum absolute atomic E-state index is 12.0. The Morgan fingerprint density at radius 2 is 2.00 bits per heavy atom. The van der Waals surface area contributed by atoms with Crippen LogP contribution in [0.4, 0.5) is 8.78 Å². The molecule has 3 rings (SSSR count). The zero-order valence-electron chi connectivity index (χ0n) is 15.8. The number of ether oxygens (including phenoxy) is 4. The summed E-state index contributed by atoms with van der Waals surface area (Å²) >= 11 is 5.80. The largest absolute Gasteiger partial charge is 0.484 e. The highest BCUT2D eigenvalue weighted by Crippen LogP contribution is 2.28. The molecular formula is C18H20ClF2N3O6. The van der Waals surface area contributed by atoms with Crippen LogP contribution >= 0.6 is 11.6 Å². The molecule has 1 aliphatic heterocycles. The number of alkyl halides is 2. The summed E-state index contributed by atoms with van der Waals surface area (Å²) in [5, 5.41) is 10.9. The predicted molar refractivity (Wildman–Crippen MR) is 98.6 cm³/mol. The molecule has 2 atom stereocenters. The van der Waals surface area contributed by atoms with E-state index >= 15 is 0 Å². The fraction of sp³-hybridized carbons (Fsp3) is 0.500. The Kier molecular flexibility index (Phi) is 8.17. The average Bonchev–Trinajstić information content (AvgIpc) is 3.20. The lowest BCUT2D eigenvalue weighted by Gasteiger charge is -2.27. The van der Waals surface area contributed by atoms with Crippen LogP contribution in [0.2, 0.25) is 5.02 Å². The molecule has 30 heavy (non-hydrogen) atoms. The molecule has 0 spiro atoms. The predicted octanol–water partition coefficient (Wildman–Crippen LogP) is 2.76. The Bertz CT molecular complexity index is 799. The number of aromatic nitrogens is 2. The molecule has 1 aromatic heterocycles. The lowest BCUT2D eigenvalue weighted by atomic mass is 10.1. The topological polar surface area (TPSA) is 105 Å². The van der Waals surface area contributed by atoms with Crippen molar-refractivity contribution in [1.29, 1.82) is 0 Å². The molecule has 9 nitrogen and oxygen atoms in total. The van der Waals surface area contributed by atoms with Crippen LogP contribution in [0.5, 0.6) is 11.8 Å². The molecule has 1 fully saturated rings. The maximum atomic E-state index is 12.0. The normalized spacial score (nSPS) is 18.9. The van der Waals surface area contributed by atoms with Crippen LogP contribution in [-0.4, -0.2) is 55.2 Å². The van der Waals surface area contributed by atoms with Gasteiger partial charge in [0.15, 0.2) is 6.61 Å². The standard InChI is InChI=1S/C18H20ClF2N3O6/c19-11-1-4-13(5-2-11)28-10-15(25)22-12-3-6-14(29-9-12)16-23-24-18(30-16)27-8-7-26-17(20)21/h1-2,4-5,12,14,17H,3,6-10H2,(H,22,25)/t12-,14+/m1/s1. The highest BCUT2D eigenvalue weighted by molar-refractivity contribution is 6.30. The van der Waals surface area contributed by atoms with Gasteiger partial charge in [-0.2, -0.15) is 8.78 Å². The number of amides is 1. The SMILES string of the molecule is O=C(COc1ccc(Cl)cc1)N[C@@H]1CC[C@@H](c2nnc(OCCOC(F)F)o2)OC1.